The number of hydrogen-bond donors (Lipinski definition) is 2. The fraction of sp³-hybridized carbons (Fsp3) is 0.688. The fourth-order valence-corrected chi connectivity index (χ4v) is 2.91. The Hall–Kier alpha value is -1.81. The maximum absolute atomic E-state index is 12.5. The largest absolute Gasteiger partial charge is 0.394 e. The van der Waals surface area contributed by atoms with Crippen LogP contribution in [0.3, 0.4) is 0 Å². The maximum Gasteiger partial charge on any atom is 0.274 e. The van der Waals surface area contributed by atoms with E-state index in [-0.39, 0.29) is 31.3 Å². The van der Waals surface area contributed by atoms with Gasteiger partial charge in [-0.2, -0.15) is 0 Å². The number of aliphatic hydroxyl groups excluding tert-OH is 1. The van der Waals surface area contributed by atoms with Crippen LogP contribution in [0.5, 0.6) is 0 Å². The number of rotatable bonds is 6. The van der Waals surface area contributed by atoms with Gasteiger partial charge in [-0.15, -0.1) is 0 Å². The van der Waals surface area contributed by atoms with Crippen molar-refractivity contribution in [1.29, 1.82) is 0 Å². The van der Waals surface area contributed by atoms with Gasteiger partial charge in [-0.1, -0.05) is 0 Å². The first-order valence-corrected chi connectivity index (χ1v) is 8.53. The molecule has 2 N–H and O–H groups in total. The highest BCUT2D eigenvalue weighted by Crippen LogP contribution is 2.16. The normalized spacial score (nSPS) is 24.1. The molecule has 1 aromatic rings. The van der Waals surface area contributed by atoms with Crippen LogP contribution >= 0.6 is 0 Å². The van der Waals surface area contributed by atoms with Gasteiger partial charge in [0.15, 0.2) is 0 Å². The summed E-state index contributed by atoms with van der Waals surface area (Å²) in [6.07, 6.45) is 3.70. The van der Waals surface area contributed by atoms with Gasteiger partial charge in [0.25, 0.3) is 5.91 Å². The van der Waals surface area contributed by atoms with Crippen LogP contribution in [0.4, 0.5) is 5.82 Å². The molecule has 1 amide bonds. The summed E-state index contributed by atoms with van der Waals surface area (Å²) in [6.45, 7) is 3.56. The summed E-state index contributed by atoms with van der Waals surface area (Å²) in [5.41, 5.74) is 0.302. The van der Waals surface area contributed by atoms with E-state index in [4.69, 9.17) is 19.3 Å². The standard InChI is InChI=1S/C16H24N4O5/c21-4-8-25-14-1-5-24-11-13(14)19-15-10-17-9-12(18-15)16(22)20-2-6-23-7-3-20/h9-10,13-14,21H,1-8,11H2,(H,18,19)/t13-,14+/m1/s1. The zero-order chi connectivity index (χ0) is 17.5. The quantitative estimate of drug-likeness (QED) is 0.708. The van der Waals surface area contributed by atoms with E-state index in [0.717, 1.165) is 6.42 Å². The van der Waals surface area contributed by atoms with Gasteiger partial charge >= 0.3 is 0 Å². The smallest absolute Gasteiger partial charge is 0.274 e. The molecule has 0 saturated carbocycles. The topological polar surface area (TPSA) is 106 Å². The van der Waals surface area contributed by atoms with Gasteiger partial charge in [0.05, 0.1) is 57.6 Å². The molecular formula is C16H24N4O5. The molecule has 0 bridgehead atoms. The van der Waals surface area contributed by atoms with Gasteiger partial charge in [-0.3, -0.25) is 9.78 Å². The third-order valence-corrected chi connectivity index (χ3v) is 4.20. The monoisotopic (exact) mass is 352 g/mol. The van der Waals surface area contributed by atoms with Gasteiger partial charge in [0.2, 0.25) is 0 Å². The van der Waals surface area contributed by atoms with Gasteiger partial charge in [0, 0.05) is 19.7 Å². The van der Waals surface area contributed by atoms with E-state index in [1.165, 1.54) is 6.20 Å². The molecule has 0 radical (unpaired) electrons. The van der Waals surface area contributed by atoms with Crippen LogP contribution in [0.25, 0.3) is 0 Å². The van der Waals surface area contributed by atoms with E-state index in [1.54, 1.807) is 11.1 Å². The van der Waals surface area contributed by atoms with Crippen molar-refractivity contribution in [1.82, 2.24) is 14.9 Å². The fourth-order valence-electron chi connectivity index (χ4n) is 2.91. The van der Waals surface area contributed by atoms with Crippen LogP contribution < -0.4 is 5.32 Å². The number of carbonyl (C=O) groups is 1. The average Bonchev–Trinajstić information content (AvgIpc) is 2.67. The molecule has 2 saturated heterocycles. The predicted molar refractivity (Wildman–Crippen MR) is 88.4 cm³/mol. The molecule has 0 aromatic carbocycles. The van der Waals surface area contributed by atoms with Crippen LogP contribution in [0, 0.1) is 0 Å². The molecule has 3 rings (SSSR count). The minimum atomic E-state index is -0.146. The second-order valence-corrected chi connectivity index (χ2v) is 5.94. The number of nitrogens with one attached hydrogen (secondary N) is 1. The molecular weight excluding hydrogens is 328 g/mol. The molecule has 0 spiro atoms. The van der Waals surface area contributed by atoms with Gasteiger partial charge < -0.3 is 29.5 Å². The second-order valence-electron chi connectivity index (χ2n) is 5.94. The van der Waals surface area contributed by atoms with Crippen LogP contribution in [0.15, 0.2) is 12.4 Å². The van der Waals surface area contributed by atoms with E-state index < -0.39 is 0 Å². The van der Waals surface area contributed by atoms with E-state index in [0.29, 0.717) is 51.0 Å². The summed E-state index contributed by atoms with van der Waals surface area (Å²) in [5.74, 6) is 0.361. The Balaban J connectivity index is 1.64. The Labute approximate surface area is 146 Å². The van der Waals surface area contributed by atoms with Crippen molar-refractivity contribution in [2.24, 2.45) is 0 Å². The molecule has 138 valence electrons. The van der Waals surface area contributed by atoms with Gasteiger partial charge in [-0.25, -0.2) is 4.98 Å². The van der Waals surface area contributed by atoms with Crippen molar-refractivity contribution in [3.8, 4) is 0 Å². The lowest BCUT2D eigenvalue weighted by atomic mass is 10.1. The molecule has 3 heterocycles. The van der Waals surface area contributed by atoms with E-state index in [1.807, 2.05) is 0 Å². The molecule has 2 fully saturated rings. The van der Waals surface area contributed by atoms with Crippen LogP contribution in [0.1, 0.15) is 16.9 Å². The van der Waals surface area contributed by atoms with Crippen molar-refractivity contribution >= 4 is 11.7 Å². The first-order chi connectivity index (χ1) is 12.3. The summed E-state index contributed by atoms with van der Waals surface area (Å²) in [5, 5.41) is 12.2. The Morgan fingerprint density at radius 2 is 2.16 bits per heavy atom. The molecule has 9 nitrogen and oxygen atoms in total. The molecule has 2 aliphatic heterocycles. The highest BCUT2D eigenvalue weighted by atomic mass is 16.5. The van der Waals surface area contributed by atoms with Crippen LogP contribution in [-0.4, -0.2) is 90.8 Å². The Morgan fingerprint density at radius 3 is 2.96 bits per heavy atom. The van der Waals surface area contributed by atoms with Crippen LogP contribution in [0.2, 0.25) is 0 Å². The van der Waals surface area contributed by atoms with Crippen molar-refractivity contribution in [3.05, 3.63) is 18.1 Å². The first kappa shape index (κ1) is 18.0. The number of aromatic nitrogens is 2. The van der Waals surface area contributed by atoms with Gasteiger partial charge in [-0.05, 0) is 6.42 Å². The number of anilines is 1. The third kappa shape index (κ3) is 4.85. The molecule has 0 unspecified atom stereocenters. The SMILES string of the molecule is O=C(c1cncc(N[C@@H]2COCC[C@@H]2OCCO)n1)N1CCOCC1. The zero-order valence-electron chi connectivity index (χ0n) is 14.1. The van der Waals surface area contributed by atoms with E-state index >= 15 is 0 Å². The first-order valence-electron chi connectivity index (χ1n) is 8.53. The average molecular weight is 352 g/mol. The predicted octanol–water partition coefficient (Wildman–Crippen LogP) is -0.473. The number of aliphatic hydroxyl groups is 1. The van der Waals surface area contributed by atoms with Crippen LogP contribution in [-0.2, 0) is 14.2 Å². The highest BCUT2D eigenvalue weighted by Gasteiger charge is 2.27. The summed E-state index contributed by atoms with van der Waals surface area (Å²) < 4.78 is 16.4. The number of ether oxygens (including phenoxy) is 3. The summed E-state index contributed by atoms with van der Waals surface area (Å²) in [4.78, 5) is 22.7. The summed E-state index contributed by atoms with van der Waals surface area (Å²) in [7, 11) is 0. The van der Waals surface area contributed by atoms with Crippen molar-refractivity contribution in [2.45, 2.75) is 18.6 Å². The number of hydrogen-bond acceptors (Lipinski definition) is 8. The van der Waals surface area contributed by atoms with E-state index in [2.05, 4.69) is 15.3 Å². The lowest BCUT2D eigenvalue weighted by molar-refractivity contribution is -0.0492. The molecule has 9 heteroatoms. The lowest BCUT2D eigenvalue weighted by Crippen LogP contribution is -2.44. The van der Waals surface area contributed by atoms with Crippen molar-refractivity contribution in [2.75, 3.05) is 58.0 Å². The Kier molecular flexibility index (Phi) is 6.51. The number of carbonyl (C=O) groups excluding carboxylic acids is 1. The summed E-state index contributed by atoms with van der Waals surface area (Å²) in [6, 6.07) is -0.108. The van der Waals surface area contributed by atoms with Crippen molar-refractivity contribution < 1.29 is 24.1 Å². The molecule has 2 atom stereocenters. The molecule has 1 aromatic heterocycles. The van der Waals surface area contributed by atoms with E-state index in [9.17, 15) is 4.79 Å². The lowest BCUT2D eigenvalue weighted by Gasteiger charge is -2.32. The molecule has 0 aliphatic carbocycles. The summed E-state index contributed by atoms with van der Waals surface area (Å²) >= 11 is 0. The van der Waals surface area contributed by atoms with Gasteiger partial charge in [0.1, 0.15) is 11.5 Å². The minimum absolute atomic E-state index is 0.0204. The number of nitrogens with zero attached hydrogens (tertiary/aromatic N) is 3. The Morgan fingerprint density at radius 1 is 1.32 bits per heavy atom. The number of amides is 1. The zero-order valence-corrected chi connectivity index (χ0v) is 14.1. The molecule has 2 aliphatic rings. The molecule has 25 heavy (non-hydrogen) atoms. The number of morpholine rings is 1. The minimum Gasteiger partial charge on any atom is -0.394 e. The van der Waals surface area contributed by atoms with Crippen molar-refractivity contribution in [3.63, 3.8) is 0 Å². The maximum atomic E-state index is 12.5. The Bertz CT molecular complexity index is 567. The second kappa shape index (κ2) is 9.04. The third-order valence-electron chi connectivity index (χ3n) is 4.20. The highest BCUT2D eigenvalue weighted by molar-refractivity contribution is 5.92.